The summed E-state index contributed by atoms with van der Waals surface area (Å²) < 4.78 is 13.7. The Bertz CT molecular complexity index is 703. The first-order valence-electron chi connectivity index (χ1n) is 6.73. The summed E-state index contributed by atoms with van der Waals surface area (Å²) in [5.41, 5.74) is 3.71. The highest BCUT2D eigenvalue weighted by atomic mass is 127. The van der Waals surface area contributed by atoms with Gasteiger partial charge in [-0.25, -0.2) is 4.39 Å². The van der Waals surface area contributed by atoms with Crippen molar-refractivity contribution in [3.8, 4) is 0 Å². The molecule has 0 spiro atoms. The molecule has 3 rings (SSSR count). The van der Waals surface area contributed by atoms with Gasteiger partial charge in [-0.05, 0) is 70.9 Å². The summed E-state index contributed by atoms with van der Waals surface area (Å²) >= 11 is 1.97. The van der Waals surface area contributed by atoms with Crippen LogP contribution in [0.4, 0.5) is 10.1 Å². The molecule has 2 aromatic carbocycles. The van der Waals surface area contributed by atoms with Gasteiger partial charge < -0.3 is 10.6 Å². The molecular weight excluding hydrogens is 382 g/mol. The van der Waals surface area contributed by atoms with Gasteiger partial charge in [0, 0.05) is 15.8 Å². The zero-order valence-electron chi connectivity index (χ0n) is 11.2. The fraction of sp³-hybridized carbons (Fsp3) is 0.188. The second-order valence-electron chi connectivity index (χ2n) is 4.95. The molecule has 1 amide bonds. The molecule has 0 saturated heterocycles. The molecule has 0 radical (unpaired) electrons. The molecule has 2 N–H and O–H groups in total. The molecule has 2 aromatic rings. The van der Waals surface area contributed by atoms with Gasteiger partial charge in [0.15, 0.2) is 0 Å². The maximum Gasteiger partial charge on any atom is 0.256 e. The van der Waals surface area contributed by atoms with E-state index < -0.39 is 0 Å². The third-order valence-electron chi connectivity index (χ3n) is 3.57. The van der Waals surface area contributed by atoms with Crippen molar-refractivity contribution in [2.75, 3.05) is 11.9 Å². The average molecular weight is 396 g/mol. The summed E-state index contributed by atoms with van der Waals surface area (Å²) in [5, 5.41) is 6.25. The first-order chi connectivity index (χ1) is 10.1. The van der Waals surface area contributed by atoms with Crippen LogP contribution in [0.1, 0.15) is 21.5 Å². The van der Waals surface area contributed by atoms with Crippen molar-refractivity contribution >= 4 is 34.2 Å². The maximum absolute atomic E-state index is 13.1. The van der Waals surface area contributed by atoms with Crippen LogP contribution < -0.4 is 10.6 Å². The number of benzene rings is 2. The second kappa shape index (κ2) is 6.11. The van der Waals surface area contributed by atoms with Crippen LogP contribution in [0.5, 0.6) is 0 Å². The van der Waals surface area contributed by atoms with Crippen LogP contribution in [-0.2, 0) is 13.0 Å². The van der Waals surface area contributed by atoms with E-state index in [0.29, 0.717) is 9.13 Å². The molecule has 0 aliphatic carbocycles. The monoisotopic (exact) mass is 396 g/mol. The van der Waals surface area contributed by atoms with Crippen molar-refractivity contribution < 1.29 is 9.18 Å². The number of carbonyl (C=O) groups excluding carboxylic acids is 1. The largest absolute Gasteiger partial charge is 0.322 e. The first kappa shape index (κ1) is 14.5. The Hall–Kier alpha value is -1.47. The molecule has 0 bridgehead atoms. The second-order valence-corrected chi connectivity index (χ2v) is 6.11. The molecule has 3 nitrogen and oxygen atoms in total. The predicted octanol–water partition coefficient (Wildman–Crippen LogP) is 3.33. The summed E-state index contributed by atoms with van der Waals surface area (Å²) in [6, 6.07) is 10.1. The van der Waals surface area contributed by atoms with Crippen molar-refractivity contribution in [3.63, 3.8) is 0 Å². The van der Waals surface area contributed by atoms with Gasteiger partial charge in [0.2, 0.25) is 0 Å². The molecule has 1 aliphatic rings. The van der Waals surface area contributed by atoms with E-state index in [1.807, 2.05) is 34.7 Å². The number of hydrogen-bond donors (Lipinski definition) is 2. The van der Waals surface area contributed by atoms with E-state index in [4.69, 9.17) is 0 Å². The third-order valence-corrected chi connectivity index (χ3v) is 4.46. The summed E-state index contributed by atoms with van der Waals surface area (Å²) in [6.07, 6.45) is 0.965. The lowest BCUT2D eigenvalue weighted by molar-refractivity contribution is 0.102. The predicted molar refractivity (Wildman–Crippen MR) is 88.9 cm³/mol. The molecule has 5 heteroatoms. The van der Waals surface area contributed by atoms with Crippen molar-refractivity contribution in [1.82, 2.24) is 5.32 Å². The minimum atomic E-state index is -0.336. The summed E-state index contributed by atoms with van der Waals surface area (Å²) in [5.74, 6) is -0.546. The molecule has 108 valence electrons. The molecule has 0 aromatic heterocycles. The van der Waals surface area contributed by atoms with Crippen LogP contribution in [0.15, 0.2) is 36.4 Å². The Morgan fingerprint density at radius 1 is 1.29 bits per heavy atom. The number of amides is 1. The summed E-state index contributed by atoms with van der Waals surface area (Å²) in [6.45, 7) is 1.71. The Kier molecular flexibility index (Phi) is 4.21. The van der Waals surface area contributed by atoms with E-state index in [2.05, 4.69) is 16.7 Å². The number of fused-ring (bicyclic) bond motifs is 1. The molecule has 1 aliphatic heterocycles. The van der Waals surface area contributed by atoms with Crippen LogP contribution >= 0.6 is 22.6 Å². The van der Waals surface area contributed by atoms with Gasteiger partial charge >= 0.3 is 0 Å². The number of anilines is 1. The van der Waals surface area contributed by atoms with Gasteiger partial charge in [0.05, 0.1) is 5.56 Å². The molecule has 0 atom stereocenters. The lowest BCUT2D eigenvalue weighted by Gasteiger charge is -2.20. The van der Waals surface area contributed by atoms with E-state index in [0.717, 1.165) is 30.8 Å². The topological polar surface area (TPSA) is 41.1 Å². The number of rotatable bonds is 2. The summed E-state index contributed by atoms with van der Waals surface area (Å²) in [7, 11) is 0. The quantitative estimate of drug-likeness (QED) is 0.765. The van der Waals surface area contributed by atoms with Crippen molar-refractivity contribution in [2.24, 2.45) is 0 Å². The maximum atomic E-state index is 13.1. The van der Waals surface area contributed by atoms with Crippen molar-refractivity contribution in [3.05, 3.63) is 62.5 Å². The van der Waals surface area contributed by atoms with Gasteiger partial charge in [0.1, 0.15) is 5.82 Å². The SMILES string of the molecule is O=C(Nc1cccc2c1CNCC2)c1ccc(F)cc1I. The van der Waals surface area contributed by atoms with E-state index in [-0.39, 0.29) is 11.7 Å². The van der Waals surface area contributed by atoms with Gasteiger partial charge in [-0.3, -0.25) is 4.79 Å². The first-order valence-corrected chi connectivity index (χ1v) is 7.81. The lowest BCUT2D eigenvalue weighted by atomic mass is 9.99. The average Bonchev–Trinajstić information content (AvgIpc) is 2.47. The molecule has 1 heterocycles. The molecule has 21 heavy (non-hydrogen) atoms. The number of carbonyl (C=O) groups is 1. The van der Waals surface area contributed by atoms with Gasteiger partial charge in [-0.1, -0.05) is 12.1 Å². The van der Waals surface area contributed by atoms with Gasteiger partial charge in [-0.2, -0.15) is 0 Å². The molecule has 0 saturated carbocycles. The van der Waals surface area contributed by atoms with Crippen LogP contribution in [0, 0.1) is 9.39 Å². The van der Waals surface area contributed by atoms with Crippen LogP contribution in [0.2, 0.25) is 0 Å². The van der Waals surface area contributed by atoms with E-state index >= 15 is 0 Å². The van der Waals surface area contributed by atoms with Gasteiger partial charge in [-0.15, -0.1) is 0 Å². The van der Waals surface area contributed by atoms with E-state index in [1.165, 1.54) is 23.8 Å². The minimum Gasteiger partial charge on any atom is -0.322 e. The van der Waals surface area contributed by atoms with E-state index in [1.54, 1.807) is 0 Å². The fourth-order valence-corrected chi connectivity index (χ4v) is 3.22. The van der Waals surface area contributed by atoms with Crippen LogP contribution in [0.25, 0.3) is 0 Å². The summed E-state index contributed by atoms with van der Waals surface area (Å²) in [4.78, 5) is 12.4. The number of hydrogen-bond acceptors (Lipinski definition) is 2. The molecule has 0 unspecified atom stereocenters. The number of halogens is 2. The Balaban J connectivity index is 1.88. The highest BCUT2D eigenvalue weighted by Gasteiger charge is 2.16. The van der Waals surface area contributed by atoms with Gasteiger partial charge in [0.25, 0.3) is 5.91 Å². The standard InChI is InChI=1S/C16H14FIN2O/c17-11-4-5-12(14(18)8-11)16(21)20-15-3-1-2-10-6-7-19-9-13(10)15/h1-5,8,19H,6-7,9H2,(H,20,21). The normalized spacial score (nSPS) is 13.6. The zero-order chi connectivity index (χ0) is 14.8. The highest BCUT2D eigenvalue weighted by molar-refractivity contribution is 14.1. The zero-order valence-corrected chi connectivity index (χ0v) is 13.4. The number of nitrogens with one attached hydrogen (secondary N) is 2. The van der Waals surface area contributed by atoms with Crippen molar-refractivity contribution in [1.29, 1.82) is 0 Å². The third kappa shape index (κ3) is 3.08. The Labute approximate surface area is 136 Å². The van der Waals surface area contributed by atoms with Crippen LogP contribution in [0.3, 0.4) is 0 Å². The Morgan fingerprint density at radius 3 is 2.95 bits per heavy atom. The highest BCUT2D eigenvalue weighted by Crippen LogP contribution is 2.24. The fourth-order valence-electron chi connectivity index (χ4n) is 2.49. The Morgan fingerprint density at radius 2 is 2.14 bits per heavy atom. The van der Waals surface area contributed by atoms with Crippen LogP contribution in [-0.4, -0.2) is 12.5 Å². The lowest BCUT2D eigenvalue weighted by Crippen LogP contribution is -2.25. The minimum absolute atomic E-state index is 0.210. The molecule has 0 fully saturated rings. The molecular formula is C16H14FIN2O. The van der Waals surface area contributed by atoms with E-state index in [9.17, 15) is 9.18 Å². The smallest absolute Gasteiger partial charge is 0.256 e. The van der Waals surface area contributed by atoms with Crippen molar-refractivity contribution in [2.45, 2.75) is 13.0 Å².